The second-order valence-electron chi connectivity index (χ2n) is 4.78. The van der Waals surface area contributed by atoms with Gasteiger partial charge in [-0.3, -0.25) is 9.59 Å². The molecule has 0 aliphatic rings. The number of carbonyl (C=O) groups excluding carboxylic acids is 2. The smallest absolute Gasteiger partial charge is 0.318 e. The third kappa shape index (κ3) is 5.61. The van der Waals surface area contributed by atoms with Crippen LogP contribution < -0.4 is 10.7 Å². The normalized spacial score (nSPS) is 11.4. The SMILES string of the molecule is O=C(N/N=C\c1ccc(Cl)cc1)C(=O)Nc1cccc(C(F)(F)F)c1. The molecule has 2 rings (SSSR count). The van der Waals surface area contributed by atoms with E-state index in [9.17, 15) is 22.8 Å². The predicted octanol–water partition coefficient (Wildman–Crippen LogP) is 3.45. The van der Waals surface area contributed by atoms with Crippen molar-refractivity contribution in [2.24, 2.45) is 5.10 Å². The Hall–Kier alpha value is -2.87. The van der Waals surface area contributed by atoms with E-state index in [0.717, 1.165) is 18.2 Å². The van der Waals surface area contributed by atoms with E-state index in [1.165, 1.54) is 12.3 Å². The van der Waals surface area contributed by atoms with Gasteiger partial charge in [-0.2, -0.15) is 18.3 Å². The average molecular weight is 370 g/mol. The first-order valence-corrected chi connectivity index (χ1v) is 7.21. The minimum atomic E-state index is -4.55. The third-order valence-corrected chi connectivity index (χ3v) is 3.16. The second kappa shape index (κ2) is 7.80. The molecule has 0 bridgehead atoms. The molecule has 2 N–H and O–H groups in total. The molecule has 5 nitrogen and oxygen atoms in total. The first-order chi connectivity index (χ1) is 11.8. The Morgan fingerprint density at radius 1 is 1.04 bits per heavy atom. The summed E-state index contributed by atoms with van der Waals surface area (Å²) in [5.41, 5.74) is 1.51. The Labute approximate surface area is 145 Å². The zero-order chi connectivity index (χ0) is 18.4. The summed E-state index contributed by atoms with van der Waals surface area (Å²) < 4.78 is 37.8. The molecule has 0 fully saturated rings. The Kier molecular flexibility index (Phi) is 5.76. The molecule has 0 radical (unpaired) electrons. The van der Waals surface area contributed by atoms with Crippen LogP contribution in [0.15, 0.2) is 53.6 Å². The van der Waals surface area contributed by atoms with E-state index in [4.69, 9.17) is 11.6 Å². The van der Waals surface area contributed by atoms with Crippen LogP contribution in [-0.4, -0.2) is 18.0 Å². The minimum absolute atomic E-state index is 0.156. The quantitative estimate of drug-likeness (QED) is 0.494. The molecule has 0 atom stereocenters. The fourth-order valence-corrected chi connectivity index (χ4v) is 1.85. The monoisotopic (exact) mass is 369 g/mol. The van der Waals surface area contributed by atoms with Crippen LogP contribution >= 0.6 is 11.6 Å². The first kappa shape index (κ1) is 18.5. The molecule has 2 aromatic carbocycles. The van der Waals surface area contributed by atoms with Crippen molar-refractivity contribution in [2.75, 3.05) is 5.32 Å². The van der Waals surface area contributed by atoms with Gasteiger partial charge in [-0.15, -0.1) is 0 Å². The molecule has 25 heavy (non-hydrogen) atoms. The van der Waals surface area contributed by atoms with Crippen molar-refractivity contribution < 1.29 is 22.8 Å². The Bertz CT molecular complexity index is 805. The van der Waals surface area contributed by atoms with Gasteiger partial charge >= 0.3 is 18.0 Å². The fourth-order valence-electron chi connectivity index (χ4n) is 1.73. The molecule has 130 valence electrons. The van der Waals surface area contributed by atoms with E-state index in [0.29, 0.717) is 10.6 Å². The lowest BCUT2D eigenvalue weighted by atomic mass is 10.2. The van der Waals surface area contributed by atoms with Gasteiger partial charge in [-0.25, -0.2) is 5.43 Å². The number of halogens is 4. The number of nitrogens with one attached hydrogen (secondary N) is 2. The van der Waals surface area contributed by atoms with Crippen molar-refractivity contribution in [3.05, 3.63) is 64.7 Å². The first-order valence-electron chi connectivity index (χ1n) is 6.83. The number of rotatable bonds is 3. The lowest BCUT2D eigenvalue weighted by Gasteiger charge is -2.09. The second-order valence-corrected chi connectivity index (χ2v) is 5.22. The van der Waals surface area contributed by atoms with E-state index >= 15 is 0 Å². The lowest BCUT2D eigenvalue weighted by Crippen LogP contribution is -2.32. The molecule has 0 saturated carbocycles. The topological polar surface area (TPSA) is 70.6 Å². The number of hydrogen-bond donors (Lipinski definition) is 2. The van der Waals surface area contributed by atoms with Gasteiger partial charge in [0.25, 0.3) is 0 Å². The standard InChI is InChI=1S/C16H11ClF3N3O2/c17-12-6-4-10(5-7-12)9-21-23-15(25)14(24)22-13-3-1-2-11(8-13)16(18,19)20/h1-9H,(H,22,24)(H,23,25)/b21-9-. The molecular formula is C16H11ClF3N3O2. The molecule has 0 aliphatic heterocycles. The minimum Gasteiger partial charge on any atom is -0.318 e. The van der Waals surface area contributed by atoms with Crippen LogP contribution in [0.1, 0.15) is 11.1 Å². The average Bonchev–Trinajstić information content (AvgIpc) is 2.56. The van der Waals surface area contributed by atoms with Crippen molar-refractivity contribution >= 4 is 35.3 Å². The predicted molar refractivity (Wildman–Crippen MR) is 87.3 cm³/mol. The van der Waals surface area contributed by atoms with E-state index in [1.54, 1.807) is 24.3 Å². The summed E-state index contributed by atoms with van der Waals surface area (Å²) in [6, 6.07) is 10.4. The molecule has 2 amide bonds. The summed E-state index contributed by atoms with van der Waals surface area (Å²) in [6.07, 6.45) is -3.27. The Balaban J connectivity index is 1.94. The Morgan fingerprint density at radius 3 is 2.36 bits per heavy atom. The maximum Gasteiger partial charge on any atom is 0.416 e. The van der Waals surface area contributed by atoms with Crippen LogP contribution in [0.25, 0.3) is 0 Å². The van der Waals surface area contributed by atoms with Crippen LogP contribution in [0, 0.1) is 0 Å². The summed E-state index contributed by atoms with van der Waals surface area (Å²) in [5.74, 6) is -2.27. The highest BCUT2D eigenvalue weighted by Crippen LogP contribution is 2.30. The number of hydrazone groups is 1. The van der Waals surface area contributed by atoms with E-state index in [2.05, 4.69) is 10.4 Å². The van der Waals surface area contributed by atoms with Crippen LogP contribution in [0.2, 0.25) is 5.02 Å². The van der Waals surface area contributed by atoms with Crippen LogP contribution in [-0.2, 0) is 15.8 Å². The highest BCUT2D eigenvalue weighted by atomic mass is 35.5. The Morgan fingerprint density at radius 2 is 1.72 bits per heavy atom. The molecule has 0 unspecified atom stereocenters. The zero-order valence-corrected chi connectivity index (χ0v) is 13.2. The number of hydrogen-bond acceptors (Lipinski definition) is 3. The van der Waals surface area contributed by atoms with Gasteiger partial charge in [0.05, 0.1) is 11.8 Å². The summed E-state index contributed by atoms with van der Waals surface area (Å²) >= 11 is 5.72. The molecule has 9 heteroatoms. The van der Waals surface area contributed by atoms with E-state index < -0.39 is 23.6 Å². The van der Waals surface area contributed by atoms with Crippen LogP contribution in [0.5, 0.6) is 0 Å². The summed E-state index contributed by atoms with van der Waals surface area (Å²) in [6.45, 7) is 0. The molecule has 0 heterocycles. The fraction of sp³-hybridized carbons (Fsp3) is 0.0625. The van der Waals surface area contributed by atoms with Crippen LogP contribution in [0.4, 0.5) is 18.9 Å². The number of anilines is 1. The molecule has 0 aromatic heterocycles. The van der Waals surface area contributed by atoms with Gasteiger partial charge in [-0.1, -0.05) is 29.8 Å². The van der Waals surface area contributed by atoms with Crippen molar-refractivity contribution in [1.29, 1.82) is 0 Å². The number of carbonyl (C=O) groups is 2. The van der Waals surface area contributed by atoms with Gasteiger partial charge in [-0.05, 0) is 35.9 Å². The van der Waals surface area contributed by atoms with Gasteiger partial charge in [0.1, 0.15) is 0 Å². The lowest BCUT2D eigenvalue weighted by molar-refractivity contribution is -0.137. The number of nitrogens with zero attached hydrogens (tertiary/aromatic N) is 1. The number of alkyl halides is 3. The number of benzene rings is 2. The van der Waals surface area contributed by atoms with Crippen molar-refractivity contribution in [2.45, 2.75) is 6.18 Å². The summed E-state index contributed by atoms with van der Waals surface area (Å²) in [7, 11) is 0. The molecule has 2 aromatic rings. The van der Waals surface area contributed by atoms with Gasteiger partial charge in [0, 0.05) is 10.7 Å². The van der Waals surface area contributed by atoms with Gasteiger partial charge in [0.2, 0.25) is 0 Å². The summed E-state index contributed by atoms with van der Waals surface area (Å²) in [5, 5.41) is 6.18. The van der Waals surface area contributed by atoms with Crippen molar-refractivity contribution in [1.82, 2.24) is 5.43 Å². The molecule has 0 aliphatic carbocycles. The highest BCUT2D eigenvalue weighted by molar-refractivity contribution is 6.39. The molecule has 0 spiro atoms. The van der Waals surface area contributed by atoms with E-state index in [1.807, 2.05) is 5.43 Å². The summed E-state index contributed by atoms with van der Waals surface area (Å²) in [4.78, 5) is 23.3. The van der Waals surface area contributed by atoms with Crippen molar-refractivity contribution in [3.63, 3.8) is 0 Å². The van der Waals surface area contributed by atoms with Gasteiger partial charge < -0.3 is 5.32 Å². The van der Waals surface area contributed by atoms with E-state index in [-0.39, 0.29) is 5.69 Å². The maximum atomic E-state index is 12.6. The third-order valence-electron chi connectivity index (χ3n) is 2.90. The maximum absolute atomic E-state index is 12.6. The molecular weight excluding hydrogens is 359 g/mol. The molecule has 0 saturated heterocycles. The largest absolute Gasteiger partial charge is 0.416 e. The van der Waals surface area contributed by atoms with Crippen LogP contribution in [0.3, 0.4) is 0 Å². The van der Waals surface area contributed by atoms with Gasteiger partial charge in [0.15, 0.2) is 0 Å². The number of amides is 2. The zero-order valence-electron chi connectivity index (χ0n) is 12.5. The highest BCUT2D eigenvalue weighted by Gasteiger charge is 2.30. The van der Waals surface area contributed by atoms with Crippen molar-refractivity contribution in [3.8, 4) is 0 Å².